The summed E-state index contributed by atoms with van der Waals surface area (Å²) < 4.78 is 5.48. The number of carbonyl (C=O) groups excluding carboxylic acids is 3. The molecule has 0 radical (unpaired) electrons. The van der Waals surface area contributed by atoms with Crippen molar-refractivity contribution in [3.63, 3.8) is 0 Å². The summed E-state index contributed by atoms with van der Waals surface area (Å²) in [7, 11) is 0. The first-order valence-corrected chi connectivity index (χ1v) is 15.6. The molecule has 0 saturated heterocycles. The molecule has 2 unspecified atom stereocenters. The van der Waals surface area contributed by atoms with E-state index in [9.17, 15) is 14.4 Å². The predicted octanol–water partition coefficient (Wildman–Crippen LogP) is 6.15. The third-order valence-corrected chi connectivity index (χ3v) is 7.43. The molecule has 1 aliphatic rings. The number of nitrogens with one attached hydrogen (secondary N) is 2. The molecule has 214 valence electrons. The zero-order chi connectivity index (χ0) is 28.1. The predicted molar refractivity (Wildman–Crippen MR) is 156 cm³/mol. The van der Waals surface area contributed by atoms with Crippen molar-refractivity contribution in [1.29, 1.82) is 0 Å². The molecule has 1 aromatic rings. The van der Waals surface area contributed by atoms with Crippen molar-refractivity contribution in [1.82, 2.24) is 15.5 Å². The van der Waals surface area contributed by atoms with Gasteiger partial charge >= 0.3 is 6.09 Å². The van der Waals surface area contributed by atoms with Crippen molar-refractivity contribution < 1.29 is 19.1 Å². The van der Waals surface area contributed by atoms with E-state index >= 15 is 0 Å². The molecule has 1 aliphatic carbocycles. The summed E-state index contributed by atoms with van der Waals surface area (Å²) >= 11 is 1.61. The van der Waals surface area contributed by atoms with Crippen LogP contribution in [0.15, 0.2) is 24.3 Å². The van der Waals surface area contributed by atoms with Crippen LogP contribution in [0.3, 0.4) is 0 Å². The zero-order valence-electron chi connectivity index (χ0n) is 24.3. The maximum absolute atomic E-state index is 14.2. The van der Waals surface area contributed by atoms with E-state index in [4.69, 9.17) is 4.74 Å². The molecule has 7 nitrogen and oxygen atoms in total. The topological polar surface area (TPSA) is 87.7 Å². The van der Waals surface area contributed by atoms with Crippen molar-refractivity contribution in [3.05, 3.63) is 35.4 Å². The van der Waals surface area contributed by atoms with Crippen molar-refractivity contribution in [2.45, 2.75) is 116 Å². The van der Waals surface area contributed by atoms with E-state index in [0.717, 1.165) is 56.1 Å². The number of unbranched alkanes of at least 4 members (excludes halogenated alkanes) is 2. The summed E-state index contributed by atoms with van der Waals surface area (Å²) in [6.07, 6.45) is 9.87. The average Bonchev–Trinajstić information content (AvgIpc) is 2.86. The number of alkyl carbamates (subject to hydrolysis) is 1. The van der Waals surface area contributed by atoms with Gasteiger partial charge in [-0.05, 0) is 71.0 Å². The molecule has 1 saturated carbocycles. The second kappa shape index (κ2) is 16.0. The van der Waals surface area contributed by atoms with E-state index in [2.05, 4.69) is 17.6 Å². The molecular formula is C30H49N3O4S. The number of carbonyl (C=O) groups is 3. The molecule has 2 N–H and O–H groups in total. The van der Waals surface area contributed by atoms with Crippen LogP contribution in [0.5, 0.6) is 0 Å². The molecular weight excluding hydrogens is 498 g/mol. The minimum absolute atomic E-state index is 0.129. The summed E-state index contributed by atoms with van der Waals surface area (Å²) in [6, 6.07) is 6.43. The molecule has 1 aromatic carbocycles. The lowest BCUT2D eigenvalue weighted by molar-refractivity contribution is -0.143. The number of ether oxygens (including phenoxy) is 1. The summed E-state index contributed by atoms with van der Waals surface area (Å²) in [6.45, 7) is 9.95. The minimum Gasteiger partial charge on any atom is -0.444 e. The first-order chi connectivity index (χ1) is 18.1. The highest BCUT2D eigenvalue weighted by Crippen LogP contribution is 2.26. The third-order valence-electron chi connectivity index (χ3n) is 6.79. The average molecular weight is 548 g/mol. The Labute approximate surface area is 234 Å². The highest BCUT2D eigenvalue weighted by atomic mass is 32.2. The van der Waals surface area contributed by atoms with Crippen molar-refractivity contribution in [2.24, 2.45) is 0 Å². The van der Waals surface area contributed by atoms with E-state index in [1.54, 1.807) is 37.4 Å². The smallest absolute Gasteiger partial charge is 0.408 e. The Morgan fingerprint density at radius 3 is 2.32 bits per heavy atom. The second-order valence-electron chi connectivity index (χ2n) is 11.4. The van der Waals surface area contributed by atoms with Gasteiger partial charge in [0.25, 0.3) is 0 Å². The first kappa shape index (κ1) is 32.0. The Hall–Kier alpha value is -2.22. The van der Waals surface area contributed by atoms with Gasteiger partial charge in [0.2, 0.25) is 11.8 Å². The van der Waals surface area contributed by atoms with Gasteiger partial charge < -0.3 is 20.3 Å². The number of nitrogens with zero attached hydrogens (tertiary/aromatic N) is 1. The Morgan fingerprint density at radius 2 is 1.74 bits per heavy atom. The molecule has 0 spiro atoms. The minimum atomic E-state index is -0.783. The van der Waals surface area contributed by atoms with Crippen LogP contribution in [-0.4, -0.2) is 59.0 Å². The number of hydrogen-bond acceptors (Lipinski definition) is 5. The lowest BCUT2D eigenvalue weighted by Crippen LogP contribution is -2.54. The number of amides is 3. The number of thioether (sulfide) groups is 1. The Balaban J connectivity index is 2.42. The van der Waals surface area contributed by atoms with Gasteiger partial charge in [0.15, 0.2) is 0 Å². The monoisotopic (exact) mass is 547 g/mol. The lowest BCUT2D eigenvalue weighted by atomic mass is 9.94. The van der Waals surface area contributed by atoms with E-state index < -0.39 is 23.8 Å². The Bertz CT molecular complexity index is 878. The maximum Gasteiger partial charge on any atom is 0.408 e. The molecule has 2 atom stereocenters. The molecule has 2 rings (SSSR count). The van der Waals surface area contributed by atoms with Crippen molar-refractivity contribution in [2.75, 3.05) is 18.6 Å². The fourth-order valence-electron chi connectivity index (χ4n) is 4.79. The summed E-state index contributed by atoms with van der Waals surface area (Å²) in [5.41, 5.74) is 1.20. The maximum atomic E-state index is 14.2. The highest BCUT2D eigenvalue weighted by molar-refractivity contribution is 7.98. The fourth-order valence-corrected chi connectivity index (χ4v) is 5.26. The Kier molecular flexibility index (Phi) is 13.5. The summed E-state index contributed by atoms with van der Waals surface area (Å²) in [5.74, 6) is 0.301. The quantitative estimate of drug-likeness (QED) is 0.289. The van der Waals surface area contributed by atoms with E-state index in [1.165, 1.54) is 6.42 Å². The van der Waals surface area contributed by atoms with Crippen LogP contribution in [-0.2, 0) is 14.3 Å². The summed E-state index contributed by atoms with van der Waals surface area (Å²) in [4.78, 5) is 42.5. The van der Waals surface area contributed by atoms with Gasteiger partial charge in [-0.15, -0.1) is 0 Å². The second-order valence-corrected chi connectivity index (χ2v) is 12.4. The van der Waals surface area contributed by atoms with Crippen LogP contribution >= 0.6 is 11.8 Å². The van der Waals surface area contributed by atoms with Crippen LogP contribution in [0.4, 0.5) is 4.79 Å². The van der Waals surface area contributed by atoms with Gasteiger partial charge in [0.1, 0.15) is 17.7 Å². The largest absolute Gasteiger partial charge is 0.444 e. The van der Waals surface area contributed by atoms with Crippen LogP contribution in [0, 0.1) is 6.92 Å². The van der Waals surface area contributed by atoms with Crippen molar-refractivity contribution >= 4 is 29.7 Å². The van der Waals surface area contributed by atoms with Crippen molar-refractivity contribution in [3.8, 4) is 0 Å². The van der Waals surface area contributed by atoms with Crippen LogP contribution in [0.25, 0.3) is 0 Å². The number of benzene rings is 1. The third kappa shape index (κ3) is 10.9. The van der Waals surface area contributed by atoms with Crippen LogP contribution in [0.1, 0.15) is 103 Å². The molecule has 8 heteroatoms. The first-order valence-electron chi connectivity index (χ1n) is 14.2. The number of aryl methyl sites for hydroxylation is 1. The SMILES string of the molecule is CCCCCN(C(=O)C(CCSC)NC(=O)OC(C)(C)C)C(C(=O)NC1CCCCC1)c1ccc(C)cc1. The van der Waals surface area contributed by atoms with Gasteiger partial charge in [-0.2, -0.15) is 11.8 Å². The fraction of sp³-hybridized carbons (Fsp3) is 0.700. The molecule has 0 heterocycles. The highest BCUT2D eigenvalue weighted by Gasteiger charge is 2.36. The lowest BCUT2D eigenvalue weighted by Gasteiger charge is -2.36. The standard InChI is InChI=1S/C30H49N3O4S/c1-7-8-12-20-33(28(35)25(19-21-38-6)32-29(36)37-30(3,4)5)26(23-17-15-22(2)16-18-23)27(34)31-24-13-10-9-11-14-24/h15-18,24-26H,7-14,19-21H2,1-6H3,(H,31,34)(H,32,36). The van der Waals surface area contributed by atoms with E-state index in [0.29, 0.717) is 18.7 Å². The van der Waals surface area contributed by atoms with E-state index in [1.807, 2.05) is 37.4 Å². The van der Waals surface area contributed by atoms with Crippen LogP contribution in [0.2, 0.25) is 0 Å². The van der Waals surface area contributed by atoms with Gasteiger partial charge in [-0.25, -0.2) is 4.79 Å². The van der Waals surface area contributed by atoms with Gasteiger partial charge in [-0.1, -0.05) is 68.9 Å². The summed E-state index contributed by atoms with van der Waals surface area (Å²) in [5, 5.41) is 6.08. The molecule has 3 amide bonds. The normalized spacial score (nSPS) is 15.8. The molecule has 38 heavy (non-hydrogen) atoms. The van der Waals surface area contributed by atoms with E-state index in [-0.39, 0.29) is 17.9 Å². The van der Waals surface area contributed by atoms with Gasteiger partial charge in [0, 0.05) is 12.6 Å². The molecule has 0 bridgehead atoms. The zero-order valence-corrected chi connectivity index (χ0v) is 25.1. The molecule has 0 aliphatic heterocycles. The van der Waals surface area contributed by atoms with Gasteiger partial charge in [-0.3, -0.25) is 9.59 Å². The van der Waals surface area contributed by atoms with Gasteiger partial charge in [0.05, 0.1) is 0 Å². The number of hydrogen-bond donors (Lipinski definition) is 2. The number of rotatable bonds is 13. The Morgan fingerprint density at radius 1 is 1.08 bits per heavy atom. The molecule has 0 aromatic heterocycles. The van der Waals surface area contributed by atoms with Crippen LogP contribution < -0.4 is 10.6 Å². The molecule has 1 fully saturated rings.